The van der Waals surface area contributed by atoms with Crippen molar-refractivity contribution in [2.75, 3.05) is 0 Å². The molecule has 3 atom stereocenters. The SMILES string of the molecule is CCc1ccc(C2C=C(N)ON2C2CCCCC2C)s1. The first-order valence-electron chi connectivity index (χ1n) is 7.71. The van der Waals surface area contributed by atoms with Gasteiger partial charge in [-0.2, -0.15) is 0 Å². The number of rotatable bonds is 3. The summed E-state index contributed by atoms with van der Waals surface area (Å²) in [6, 6.07) is 5.14. The Morgan fingerprint density at radius 1 is 1.35 bits per heavy atom. The minimum atomic E-state index is 0.200. The van der Waals surface area contributed by atoms with Gasteiger partial charge in [0.1, 0.15) is 6.04 Å². The van der Waals surface area contributed by atoms with Crippen LogP contribution in [0.25, 0.3) is 0 Å². The summed E-state index contributed by atoms with van der Waals surface area (Å²) in [6.07, 6.45) is 8.31. The van der Waals surface area contributed by atoms with Crippen molar-refractivity contribution in [1.29, 1.82) is 0 Å². The lowest BCUT2D eigenvalue weighted by Crippen LogP contribution is -2.40. The van der Waals surface area contributed by atoms with Crippen LogP contribution in [0, 0.1) is 5.92 Å². The monoisotopic (exact) mass is 292 g/mol. The van der Waals surface area contributed by atoms with Crippen LogP contribution in [-0.4, -0.2) is 11.1 Å². The maximum Gasteiger partial charge on any atom is 0.207 e. The minimum absolute atomic E-state index is 0.200. The predicted molar refractivity (Wildman–Crippen MR) is 83.1 cm³/mol. The molecule has 1 aliphatic carbocycles. The number of hydrogen-bond donors (Lipinski definition) is 1. The van der Waals surface area contributed by atoms with Gasteiger partial charge in [0.25, 0.3) is 0 Å². The molecule has 110 valence electrons. The average molecular weight is 292 g/mol. The van der Waals surface area contributed by atoms with E-state index in [0.29, 0.717) is 17.8 Å². The predicted octanol–water partition coefficient (Wildman–Crippen LogP) is 3.98. The van der Waals surface area contributed by atoms with Gasteiger partial charge < -0.3 is 10.6 Å². The average Bonchev–Trinajstić information content (AvgIpc) is 3.05. The molecule has 3 unspecified atom stereocenters. The van der Waals surface area contributed by atoms with Gasteiger partial charge in [0, 0.05) is 21.9 Å². The smallest absolute Gasteiger partial charge is 0.207 e. The first kappa shape index (κ1) is 14.0. The third kappa shape index (κ3) is 2.59. The number of nitrogens with two attached hydrogens (primary N) is 1. The molecule has 0 amide bonds. The summed E-state index contributed by atoms with van der Waals surface area (Å²) in [6.45, 7) is 4.54. The van der Waals surface area contributed by atoms with Crippen LogP contribution in [0.15, 0.2) is 24.1 Å². The summed E-state index contributed by atoms with van der Waals surface area (Å²) in [5, 5.41) is 2.16. The minimum Gasteiger partial charge on any atom is -0.387 e. The van der Waals surface area contributed by atoms with E-state index in [0.717, 1.165) is 6.42 Å². The number of hydroxylamine groups is 2. The Kier molecular flexibility index (Phi) is 4.03. The fourth-order valence-corrected chi connectivity index (χ4v) is 4.35. The lowest BCUT2D eigenvalue weighted by atomic mass is 9.85. The molecule has 0 saturated heterocycles. The zero-order valence-electron chi connectivity index (χ0n) is 12.3. The van der Waals surface area contributed by atoms with Crippen LogP contribution >= 0.6 is 11.3 Å². The number of nitrogens with zero attached hydrogens (tertiary/aromatic N) is 1. The van der Waals surface area contributed by atoms with E-state index >= 15 is 0 Å². The highest BCUT2D eigenvalue weighted by molar-refractivity contribution is 7.12. The van der Waals surface area contributed by atoms with Gasteiger partial charge in [0.2, 0.25) is 5.88 Å². The summed E-state index contributed by atoms with van der Waals surface area (Å²) in [4.78, 5) is 8.63. The van der Waals surface area contributed by atoms with E-state index < -0.39 is 0 Å². The van der Waals surface area contributed by atoms with Crippen molar-refractivity contribution in [3.05, 3.63) is 33.8 Å². The Balaban J connectivity index is 1.83. The van der Waals surface area contributed by atoms with Crippen LogP contribution in [0.2, 0.25) is 0 Å². The van der Waals surface area contributed by atoms with Crippen LogP contribution in [-0.2, 0) is 11.3 Å². The molecule has 1 aliphatic heterocycles. The molecule has 3 nitrogen and oxygen atoms in total. The van der Waals surface area contributed by atoms with E-state index in [1.54, 1.807) is 0 Å². The third-order valence-corrected chi connectivity index (χ3v) is 5.82. The van der Waals surface area contributed by atoms with E-state index in [1.807, 2.05) is 11.3 Å². The molecule has 4 heteroatoms. The summed E-state index contributed by atoms with van der Waals surface area (Å²) in [5.41, 5.74) is 5.95. The maximum atomic E-state index is 5.95. The highest BCUT2D eigenvalue weighted by Crippen LogP contribution is 2.40. The van der Waals surface area contributed by atoms with E-state index in [-0.39, 0.29) is 6.04 Å². The molecule has 0 radical (unpaired) electrons. The Labute approximate surface area is 125 Å². The molecule has 0 spiro atoms. The summed E-state index contributed by atoms with van der Waals surface area (Å²) in [7, 11) is 0. The summed E-state index contributed by atoms with van der Waals surface area (Å²) >= 11 is 1.88. The Morgan fingerprint density at radius 2 is 2.15 bits per heavy atom. The van der Waals surface area contributed by atoms with Crippen molar-refractivity contribution in [2.24, 2.45) is 11.7 Å². The quantitative estimate of drug-likeness (QED) is 0.916. The number of aryl methyl sites for hydroxylation is 1. The molecule has 1 saturated carbocycles. The van der Waals surface area contributed by atoms with Gasteiger partial charge in [-0.1, -0.05) is 26.7 Å². The van der Waals surface area contributed by atoms with E-state index in [4.69, 9.17) is 10.6 Å². The second kappa shape index (κ2) is 5.78. The highest BCUT2D eigenvalue weighted by Gasteiger charge is 2.37. The lowest BCUT2D eigenvalue weighted by molar-refractivity contribution is -0.170. The molecule has 0 bridgehead atoms. The molecule has 2 N–H and O–H groups in total. The summed E-state index contributed by atoms with van der Waals surface area (Å²) < 4.78 is 0. The molecule has 2 heterocycles. The van der Waals surface area contributed by atoms with Crippen molar-refractivity contribution in [3.63, 3.8) is 0 Å². The Morgan fingerprint density at radius 3 is 2.85 bits per heavy atom. The zero-order chi connectivity index (χ0) is 14.1. The first-order chi connectivity index (χ1) is 9.69. The van der Waals surface area contributed by atoms with Crippen molar-refractivity contribution in [2.45, 2.75) is 58.0 Å². The van der Waals surface area contributed by atoms with Gasteiger partial charge in [-0.25, -0.2) is 0 Å². The molecule has 0 aromatic carbocycles. The lowest BCUT2D eigenvalue weighted by Gasteiger charge is -2.37. The fraction of sp³-hybridized carbons (Fsp3) is 0.625. The molecular weight excluding hydrogens is 268 g/mol. The van der Waals surface area contributed by atoms with Crippen LogP contribution in [0.1, 0.15) is 55.3 Å². The zero-order valence-corrected chi connectivity index (χ0v) is 13.2. The molecule has 3 rings (SSSR count). The molecule has 1 aromatic heterocycles. The Bertz CT molecular complexity index is 496. The second-order valence-electron chi connectivity index (χ2n) is 5.95. The van der Waals surface area contributed by atoms with Gasteiger partial charge in [-0.05, 0) is 37.3 Å². The van der Waals surface area contributed by atoms with Gasteiger partial charge >= 0.3 is 0 Å². The van der Waals surface area contributed by atoms with Crippen LogP contribution in [0.5, 0.6) is 0 Å². The van der Waals surface area contributed by atoms with Crippen LogP contribution < -0.4 is 5.73 Å². The number of hydrogen-bond acceptors (Lipinski definition) is 4. The highest BCUT2D eigenvalue weighted by atomic mass is 32.1. The van der Waals surface area contributed by atoms with Crippen molar-refractivity contribution in [1.82, 2.24) is 5.06 Å². The summed E-state index contributed by atoms with van der Waals surface area (Å²) in [5.74, 6) is 1.23. The normalized spacial score (nSPS) is 31.1. The molecule has 20 heavy (non-hydrogen) atoms. The van der Waals surface area contributed by atoms with Crippen LogP contribution in [0.4, 0.5) is 0 Å². The van der Waals surface area contributed by atoms with Gasteiger partial charge in [0.15, 0.2) is 0 Å². The Hall–Kier alpha value is -1.00. The van der Waals surface area contributed by atoms with E-state index in [2.05, 4.69) is 37.1 Å². The van der Waals surface area contributed by atoms with Crippen molar-refractivity contribution >= 4 is 11.3 Å². The molecule has 2 aliphatic rings. The van der Waals surface area contributed by atoms with E-state index in [9.17, 15) is 0 Å². The van der Waals surface area contributed by atoms with E-state index in [1.165, 1.54) is 35.4 Å². The van der Waals surface area contributed by atoms with Crippen molar-refractivity contribution in [3.8, 4) is 0 Å². The van der Waals surface area contributed by atoms with Crippen molar-refractivity contribution < 1.29 is 4.84 Å². The first-order valence-corrected chi connectivity index (χ1v) is 8.53. The fourth-order valence-electron chi connectivity index (χ4n) is 3.34. The number of thiophene rings is 1. The topological polar surface area (TPSA) is 38.5 Å². The third-order valence-electron chi connectivity index (χ3n) is 4.52. The molecule has 1 fully saturated rings. The molecular formula is C16H24N2OS. The maximum absolute atomic E-state index is 5.95. The largest absolute Gasteiger partial charge is 0.387 e. The van der Waals surface area contributed by atoms with Crippen LogP contribution in [0.3, 0.4) is 0 Å². The standard InChI is InChI=1S/C16H24N2OS/c1-3-12-8-9-15(20-12)14-10-16(17)19-18(14)13-7-5-4-6-11(13)2/h8-11,13-14H,3-7,17H2,1-2H3. The molecule has 1 aromatic rings. The van der Waals surface area contributed by atoms with Gasteiger partial charge in [0.05, 0.1) is 0 Å². The second-order valence-corrected chi connectivity index (χ2v) is 7.15. The van der Waals surface area contributed by atoms with Gasteiger partial charge in [-0.15, -0.1) is 16.4 Å². The van der Waals surface area contributed by atoms with Gasteiger partial charge in [-0.3, -0.25) is 0 Å².